The Balaban J connectivity index is 1.10. The van der Waals surface area contributed by atoms with Crippen LogP contribution in [0.1, 0.15) is 22.3 Å². The largest absolute Gasteiger partial charge is 0.369 e. The molecular formula is C42H45ClN6O5S2. The molecule has 0 atom stereocenters. The molecule has 0 radical (unpaired) electrons. The van der Waals surface area contributed by atoms with E-state index in [2.05, 4.69) is 32.7 Å². The molecule has 5 aromatic rings. The van der Waals surface area contributed by atoms with Gasteiger partial charge in [0.15, 0.2) is 0 Å². The molecule has 0 saturated carbocycles. The smallest absolute Gasteiger partial charge is 0.292 e. The Kier molecular flexibility index (Phi) is 13.7. The second-order valence-corrected chi connectivity index (χ2v) is 17.0. The molecule has 1 saturated heterocycles. The number of halogens is 1. The first kappa shape index (κ1) is 40.7. The maximum Gasteiger partial charge on any atom is 0.292 e. The molecule has 56 heavy (non-hydrogen) atoms. The van der Waals surface area contributed by atoms with E-state index in [9.17, 15) is 23.3 Å². The van der Waals surface area contributed by atoms with Gasteiger partial charge < -0.3 is 14.7 Å². The van der Waals surface area contributed by atoms with Gasteiger partial charge in [0.1, 0.15) is 5.69 Å². The maximum atomic E-state index is 13.6. The number of hydrogen-bond acceptors (Lipinski definition) is 10. The highest BCUT2D eigenvalue weighted by Gasteiger charge is 2.26. The van der Waals surface area contributed by atoms with Gasteiger partial charge in [0.05, 0.1) is 15.7 Å². The van der Waals surface area contributed by atoms with Crippen molar-refractivity contribution < 1.29 is 18.1 Å². The quantitative estimate of drug-likeness (QED) is 0.0457. The van der Waals surface area contributed by atoms with Gasteiger partial charge in [-0.3, -0.25) is 19.8 Å². The normalized spacial score (nSPS) is 13.5. The lowest BCUT2D eigenvalue weighted by Gasteiger charge is -2.36. The second-order valence-electron chi connectivity index (χ2n) is 13.8. The number of thioether (sulfide) groups is 1. The first-order chi connectivity index (χ1) is 27.0. The van der Waals surface area contributed by atoms with Crippen LogP contribution in [0.25, 0.3) is 11.1 Å². The zero-order valence-corrected chi connectivity index (χ0v) is 33.8. The molecule has 6 rings (SSSR count). The number of amides is 1. The number of anilines is 2. The van der Waals surface area contributed by atoms with E-state index in [4.69, 9.17) is 11.6 Å². The molecule has 1 amide bonds. The highest BCUT2D eigenvalue weighted by atomic mass is 35.5. The Morgan fingerprint density at radius 2 is 1.54 bits per heavy atom. The summed E-state index contributed by atoms with van der Waals surface area (Å²) in [6.07, 6.45) is 0.693. The number of benzene rings is 5. The zero-order chi connectivity index (χ0) is 39.7. The summed E-state index contributed by atoms with van der Waals surface area (Å²) in [5, 5.41) is 12.9. The minimum absolute atomic E-state index is 0.169. The topological polar surface area (TPSA) is 119 Å². The fraction of sp³-hybridized carbons (Fsp3) is 0.262. The van der Waals surface area contributed by atoms with Gasteiger partial charge in [0.25, 0.3) is 21.6 Å². The number of piperazine rings is 1. The molecule has 1 fully saturated rings. The Morgan fingerprint density at radius 1 is 0.857 bits per heavy atom. The van der Waals surface area contributed by atoms with Gasteiger partial charge >= 0.3 is 0 Å². The van der Waals surface area contributed by atoms with Gasteiger partial charge in [-0.15, -0.1) is 11.8 Å². The number of sulfonamides is 1. The Bertz CT molecular complexity index is 2220. The van der Waals surface area contributed by atoms with E-state index in [1.807, 2.05) is 96.7 Å². The number of carbonyl (C=O) groups excluding carboxylic acids is 1. The molecule has 292 valence electrons. The van der Waals surface area contributed by atoms with Crippen molar-refractivity contribution in [2.75, 3.05) is 69.0 Å². The van der Waals surface area contributed by atoms with Crippen molar-refractivity contribution in [3.05, 3.63) is 148 Å². The predicted octanol–water partition coefficient (Wildman–Crippen LogP) is 7.86. The third kappa shape index (κ3) is 10.7. The number of nitrogens with one attached hydrogen (secondary N) is 1. The van der Waals surface area contributed by atoms with Crippen molar-refractivity contribution in [3.8, 4) is 11.1 Å². The first-order valence-electron chi connectivity index (χ1n) is 18.3. The summed E-state index contributed by atoms with van der Waals surface area (Å²) >= 11 is 7.62. The fourth-order valence-corrected chi connectivity index (χ4v) is 8.66. The van der Waals surface area contributed by atoms with Gasteiger partial charge in [-0.25, -0.2) is 13.1 Å². The van der Waals surface area contributed by atoms with Crippen LogP contribution in [0, 0.1) is 10.1 Å². The second kappa shape index (κ2) is 18.8. The number of carbonyl (C=O) groups is 1. The molecule has 1 N–H and O–H groups in total. The Morgan fingerprint density at radius 3 is 2.21 bits per heavy atom. The molecule has 0 aromatic heterocycles. The molecule has 11 nitrogen and oxygen atoms in total. The summed E-state index contributed by atoms with van der Waals surface area (Å²) < 4.78 is 29.4. The van der Waals surface area contributed by atoms with Crippen LogP contribution in [-0.2, 0) is 16.6 Å². The molecular weight excluding hydrogens is 768 g/mol. The third-order valence-corrected chi connectivity index (χ3v) is 12.2. The average molecular weight is 813 g/mol. The monoisotopic (exact) mass is 812 g/mol. The molecule has 0 bridgehead atoms. The molecule has 1 aliphatic heterocycles. The zero-order valence-electron chi connectivity index (χ0n) is 31.4. The van der Waals surface area contributed by atoms with Gasteiger partial charge in [0.2, 0.25) is 0 Å². The average Bonchev–Trinajstić information content (AvgIpc) is 3.20. The molecule has 0 aliphatic carbocycles. The lowest BCUT2D eigenvalue weighted by Crippen LogP contribution is -2.46. The van der Waals surface area contributed by atoms with E-state index >= 15 is 0 Å². The fourth-order valence-electron chi connectivity index (χ4n) is 6.62. The number of nitro benzene ring substituents is 1. The van der Waals surface area contributed by atoms with Crippen LogP contribution < -0.4 is 14.5 Å². The van der Waals surface area contributed by atoms with Crippen molar-refractivity contribution in [1.82, 2.24) is 14.5 Å². The maximum absolute atomic E-state index is 13.6. The number of nitro groups is 1. The van der Waals surface area contributed by atoms with Gasteiger partial charge in [-0.1, -0.05) is 66.2 Å². The molecule has 14 heteroatoms. The van der Waals surface area contributed by atoms with E-state index in [1.165, 1.54) is 41.1 Å². The van der Waals surface area contributed by atoms with E-state index in [1.54, 1.807) is 12.1 Å². The van der Waals surface area contributed by atoms with Crippen molar-refractivity contribution >= 4 is 56.4 Å². The minimum Gasteiger partial charge on any atom is -0.369 e. The highest BCUT2D eigenvalue weighted by molar-refractivity contribution is 7.99. The summed E-state index contributed by atoms with van der Waals surface area (Å²) in [6.45, 7) is 5.30. The summed E-state index contributed by atoms with van der Waals surface area (Å²) in [6, 6.07) is 36.5. The molecule has 0 unspecified atom stereocenters. The molecule has 5 aromatic carbocycles. The summed E-state index contributed by atoms with van der Waals surface area (Å²) in [4.78, 5) is 34.2. The van der Waals surface area contributed by atoms with E-state index in [0.29, 0.717) is 23.9 Å². The summed E-state index contributed by atoms with van der Waals surface area (Å²) in [7, 11) is -0.485. The van der Waals surface area contributed by atoms with Crippen molar-refractivity contribution in [2.45, 2.75) is 22.8 Å². The van der Waals surface area contributed by atoms with Crippen molar-refractivity contribution in [3.63, 3.8) is 0 Å². The first-order valence-corrected chi connectivity index (χ1v) is 21.2. The Hall–Kier alpha value is -4.92. The van der Waals surface area contributed by atoms with Crippen LogP contribution in [0.15, 0.2) is 131 Å². The van der Waals surface area contributed by atoms with Gasteiger partial charge in [-0.2, -0.15) is 0 Å². The Labute approximate surface area is 338 Å². The van der Waals surface area contributed by atoms with Crippen LogP contribution >= 0.6 is 23.4 Å². The van der Waals surface area contributed by atoms with Crippen LogP contribution in [0.4, 0.5) is 17.1 Å². The molecule has 1 aliphatic rings. The van der Waals surface area contributed by atoms with Crippen molar-refractivity contribution in [2.24, 2.45) is 0 Å². The van der Waals surface area contributed by atoms with Crippen LogP contribution in [0.5, 0.6) is 0 Å². The highest BCUT2D eigenvalue weighted by Crippen LogP contribution is 2.34. The van der Waals surface area contributed by atoms with Gasteiger partial charge in [0, 0.05) is 66.5 Å². The summed E-state index contributed by atoms with van der Waals surface area (Å²) in [5.41, 5.74) is 4.64. The van der Waals surface area contributed by atoms with E-state index < -0.39 is 20.9 Å². The number of nitrogens with zero attached hydrogens (tertiary/aromatic N) is 5. The molecule has 1 heterocycles. The minimum atomic E-state index is -4.38. The predicted molar refractivity (Wildman–Crippen MR) is 226 cm³/mol. The standard InChI is InChI=1S/C42H45ClN6O5S2/c1-45(2)23-8-24-48(31-55-37-10-4-3-5-11-37)41-29-38(21-22-40(41)49(51)52)56(53,54)44-42(50)33-15-19-36(20-16-33)47-27-25-46(26-28-47)30-34-9-6-7-12-39(34)32-13-17-35(43)18-14-32/h3-7,9-22,29H,8,23-28,30-31H2,1-2H3,(H,44,50). The lowest BCUT2D eigenvalue weighted by molar-refractivity contribution is -0.384. The molecule has 0 spiro atoms. The van der Waals surface area contributed by atoms with Crippen LogP contribution in [-0.4, -0.2) is 88.3 Å². The van der Waals surface area contributed by atoms with Crippen LogP contribution in [0.2, 0.25) is 5.02 Å². The SMILES string of the molecule is CN(C)CCCN(CSc1ccccc1)c1cc(S(=O)(=O)NC(=O)c2ccc(N3CCN(Cc4ccccc4-c4ccc(Cl)cc4)CC3)cc2)ccc1[N+](=O)[O-]. The number of hydrogen-bond donors (Lipinski definition) is 1. The van der Waals surface area contributed by atoms with Gasteiger partial charge in [-0.05, 0) is 104 Å². The third-order valence-electron chi connectivity index (χ3n) is 9.62. The van der Waals surface area contributed by atoms with E-state index in [-0.39, 0.29) is 21.8 Å². The number of rotatable bonds is 16. The van der Waals surface area contributed by atoms with Crippen LogP contribution in [0.3, 0.4) is 0 Å². The van der Waals surface area contributed by atoms with Crippen molar-refractivity contribution in [1.29, 1.82) is 0 Å². The lowest BCUT2D eigenvalue weighted by atomic mass is 9.99. The summed E-state index contributed by atoms with van der Waals surface area (Å²) in [5.74, 6) is -0.434. The van der Waals surface area contributed by atoms with E-state index in [0.717, 1.165) is 55.4 Å².